The van der Waals surface area contributed by atoms with Crippen molar-refractivity contribution in [3.63, 3.8) is 0 Å². The van der Waals surface area contributed by atoms with E-state index in [2.05, 4.69) is 35.9 Å². The van der Waals surface area contributed by atoms with Gasteiger partial charge in [0.25, 0.3) is 0 Å². The fraction of sp³-hybridized carbons (Fsp3) is 0.385. The van der Waals surface area contributed by atoms with E-state index in [0.29, 0.717) is 17.1 Å². The Morgan fingerprint density at radius 1 is 0.850 bits per heavy atom. The van der Waals surface area contributed by atoms with E-state index in [1.54, 1.807) is 0 Å². The quantitative estimate of drug-likeness (QED) is 0.121. The Morgan fingerprint density at radius 3 is 1.85 bits per heavy atom. The number of benzene rings is 1. The number of carbonyl (C=O) groups is 4. The Morgan fingerprint density at radius 2 is 1.38 bits per heavy atom. The van der Waals surface area contributed by atoms with Gasteiger partial charge in [-0.05, 0) is 30.4 Å². The number of amides is 3. The number of hydrogen-bond acceptors (Lipinski definition) is 8. The molecule has 0 saturated carbocycles. The van der Waals surface area contributed by atoms with Crippen LogP contribution in [-0.4, -0.2) is 84.9 Å². The molecule has 8 N–H and O–H groups in total. The van der Waals surface area contributed by atoms with Crippen LogP contribution in [0.2, 0.25) is 0 Å². The first kappa shape index (κ1) is 30.4. The van der Waals surface area contributed by atoms with Crippen LogP contribution in [0.1, 0.15) is 23.4 Å². The largest absolute Gasteiger partial charge is 0.480 e. The number of H-pyrrole nitrogens is 2. The summed E-state index contributed by atoms with van der Waals surface area (Å²) in [5.41, 5.74) is 8.13. The molecule has 0 bridgehead atoms. The molecule has 4 unspecified atom stereocenters. The van der Waals surface area contributed by atoms with Crippen LogP contribution in [0.3, 0.4) is 0 Å². The van der Waals surface area contributed by atoms with Gasteiger partial charge in [0.05, 0.1) is 18.7 Å². The lowest BCUT2D eigenvalue weighted by molar-refractivity contribution is -0.142. The lowest BCUT2D eigenvalue weighted by Crippen LogP contribution is -2.58. The number of thioether (sulfide) groups is 1. The average molecular weight is 571 g/mol. The normalized spacial score (nSPS) is 13.9. The average Bonchev–Trinajstić information content (AvgIpc) is 3.65. The molecule has 0 fully saturated rings. The van der Waals surface area contributed by atoms with Crippen molar-refractivity contribution < 1.29 is 24.3 Å². The van der Waals surface area contributed by atoms with Crippen LogP contribution < -0.4 is 21.7 Å². The van der Waals surface area contributed by atoms with Crippen molar-refractivity contribution >= 4 is 35.5 Å². The number of aromatic amines is 2. The van der Waals surface area contributed by atoms with Gasteiger partial charge in [-0.3, -0.25) is 14.4 Å². The van der Waals surface area contributed by atoms with Crippen LogP contribution in [0.4, 0.5) is 0 Å². The lowest BCUT2D eigenvalue weighted by atomic mass is 10.0. The number of imidazole rings is 2. The fourth-order valence-electron chi connectivity index (χ4n) is 3.93. The summed E-state index contributed by atoms with van der Waals surface area (Å²) in [4.78, 5) is 65.1. The second kappa shape index (κ2) is 15.4. The molecule has 2 aromatic heterocycles. The van der Waals surface area contributed by atoms with Gasteiger partial charge in [0.15, 0.2) is 0 Å². The molecule has 40 heavy (non-hydrogen) atoms. The summed E-state index contributed by atoms with van der Waals surface area (Å²) in [6, 6.07) is 4.95. The van der Waals surface area contributed by atoms with Crippen LogP contribution >= 0.6 is 11.8 Å². The number of carbonyl (C=O) groups excluding carboxylic acids is 3. The first-order valence-electron chi connectivity index (χ1n) is 12.6. The van der Waals surface area contributed by atoms with Gasteiger partial charge in [0.1, 0.15) is 18.1 Å². The summed E-state index contributed by atoms with van der Waals surface area (Å²) in [7, 11) is 0. The van der Waals surface area contributed by atoms with E-state index in [4.69, 9.17) is 5.73 Å². The molecule has 0 radical (unpaired) electrons. The number of carboxylic acid groups (broad SMARTS) is 1. The molecule has 3 rings (SSSR count). The van der Waals surface area contributed by atoms with Crippen molar-refractivity contribution in [3.05, 3.63) is 72.3 Å². The maximum absolute atomic E-state index is 13.5. The Balaban J connectivity index is 1.76. The number of nitrogens with one attached hydrogen (secondary N) is 5. The van der Waals surface area contributed by atoms with Crippen molar-refractivity contribution in [3.8, 4) is 0 Å². The number of rotatable bonds is 16. The summed E-state index contributed by atoms with van der Waals surface area (Å²) < 4.78 is 0. The smallest absolute Gasteiger partial charge is 0.326 e. The Hall–Kier alpha value is -4.17. The van der Waals surface area contributed by atoms with E-state index in [9.17, 15) is 24.3 Å². The Bertz CT molecular complexity index is 1220. The molecular weight excluding hydrogens is 536 g/mol. The van der Waals surface area contributed by atoms with E-state index in [1.165, 1.54) is 36.8 Å². The molecule has 0 spiro atoms. The molecule has 0 aliphatic carbocycles. The molecule has 2 heterocycles. The van der Waals surface area contributed by atoms with E-state index >= 15 is 0 Å². The number of hydrogen-bond donors (Lipinski definition) is 7. The maximum Gasteiger partial charge on any atom is 0.326 e. The van der Waals surface area contributed by atoms with Crippen LogP contribution in [0.15, 0.2) is 55.4 Å². The molecule has 3 aromatic rings. The molecule has 1 aromatic carbocycles. The zero-order valence-corrected chi connectivity index (χ0v) is 22.8. The monoisotopic (exact) mass is 570 g/mol. The summed E-state index contributed by atoms with van der Waals surface area (Å²) in [6.07, 6.45) is 8.29. The number of nitrogens with two attached hydrogens (primary N) is 1. The highest BCUT2D eigenvalue weighted by Gasteiger charge is 2.31. The third-order valence-electron chi connectivity index (χ3n) is 6.08. The number of aromatic nitrogens is 4. The molecule has 214 valence electrons. The molecule has 0 aliphatic rings. The molecular formula is C26H34N8O5S. The minimum Gasteiger partial charge on any atom is -0.480 e. The highest BCUT2D eigenvalue weighted by Crippen LogP contribution is 2.07. The van der Waals surface area contributed by atoms with Gasteiger partial charge in [0, 0.05) is 36.6 Å². The van der Waals surface area contributed by atoms with Crippen LogP contribution in [0, 0.1) is 0 Å². The summed E-state index contributed by atoms with van der Waals surface area (Å²) in [5, 5.41) is 17.4. The van der Waals surface area contributed by atoms with Gasteiger partial charge in [0.2, 0.25) is 17.7 Å². The minimum atomic E-state index is -1.18. The van der Waals surface area contributed by atoms with Gasteiger partial charge in [-0.1, -0.05) is 30.3 Å². The van der Waals surface area contributed by atoms with E-state index in [0.717, 1.165) is 5.56 Å². The number of aliphatic carboxylic acids is 1. The first-order chi connectivity index (χ1) is 19.3. The van der Waals surface area contributed by atoms with Crippen molar-refractivity contribution in [2.75, 3.05) is 12.0 Å². The maximum atomic E-state index is 13.5. The zero-order valence-electron chi connectivity index (χ0n) is 22.0. The fourth-order valence-corrected chi connectivity index (χ4v) is 4.40. The van der Waals surface area contributed by atoms with Crippen LogP contribution in [-0.2, 0) is 38.4 Å². The van der Waals surface area contributed by atoms with Crippen molar-refractivity contribution in [2.45, 2.75) is 49.9 Å². The summed E-state index contributed by atoms with van der Waals surface area (Å²) in [6.45, 7) is 0. The van der Waals surface area contributed by atoms with Crippen LogP contribution in [0.5, 0.6) is 0 Å². The van der Waals surface area contributed by atoms with E-state index in [1.807, 2.05) is 36.6 Å². The minimum absolute atomic E-state index is 0.0185. The standard InChI is InChI=1S/C26H34N8O5S/c1-40-8-7-20(26(38)39)32-24(36)22(11-18-13-29-15-31-18)34-25(37)21(10-17-12-28-14-30-17)33-23(35)19(27)9-16-5-3-2-4-6-16/h2-6,12-15,19-22H,7-11,27H2,1H3,(H,28,30)(H,29,31)(H,32,36)(H,33,35)(H,34,37)(H,38,39). The van der Waals surface area contributed by atoms with Gasteiger partial charge in [-0.25, -0.2) is 14.8 Å². The molecule has 0 saturated heterocycles. The first-order valence-corrected chi connectivity index (χ1v) is 14.0. The van der Waals surface area contributed by atoms with Gasteiger partial charge in [-0.15, -0.1) is 0 Å². The third kappa shape index (κ3) is 9.54. The lowest BCUT2D eigenvalue weighted by Gasteiger charge is -2.25. The SMILES string of the molecule is CSCCC(NC(=O)C(Cc1cnc[nH]1)NC(=O)C(Cc1cnc[nH]1)NC(=O)C(N)Cc1ccccc1)C(=O)O. The molecule has 3 amide bonds. The third-order valence-corrected chi connectivity index (χ3v) is 6.73. The van der Waals surface area contributed by atoms with E-state index < -0.39 is 47.9 Å². The number of nitrogens with zero attached hydrogens (tertiary/aromatic N) is 2. The molecule has 4 atom stereocenters. The molecule has 13 nitrogen and oxygen atoms in total. The van der Waals surface area contributed by atoms with E-state index in [-0.39, 0.29) is 25.7 Å². The predicted molar refractivity (Wildman–Crippen MR) is 149 cm³/mol. The second-order valence-corrected chi connectivity index (χ2v) is 10.1. The number of carboxylic acids is 1. The zero-order chi connectivity index (χ0) is 28.9. The second-order valence-electron chi connectivity index (χ2n) is 9.16. The predicted octanol–water partition coefficient (Wildman–Crippen LogP) is -0.220. The highest BCUT2D eigenvalue weighted by molar-refractivity contribution is 7.98. The molecule has 0 aliphatic heterocycles. The molecule has 14 heteroatoms. The summed E-state index contributed by atoms with van der Waals surface area (Å²) >= 11 is 1.45. The van der Waals surface area contributed by atoms with Crippen molar-refractivity contribution in [1.29, 1.82) is 0 Å². The summed E-state index contributed by atoms with van der Waals surface area (Å²) in [5.74, 6) is -2.52. The Kier molecular flexibility index (Phi) is 11.7. The van der Waals surface area contributed by atoms with Crippen LogP contribution in [0.25, 0.3) is 0 Å². The highest BCUT2D eigenvalue weighted by atomic mass is 32.2. The van der Waals surface area contributed by atoms with Crippen molar-refractivity contribution in [1.82, 2.24) is 35.9 Å². The van der Waals surface area contributed by atoms with Crippen molar-refractivity contribution in [2.24, 2.45) is 5.73 Å². The van der Waals surface area contributed by atoms with Gasteiger partial charge < -0.3 is 36.8 Å². The van der Waals surface area contributed by atoms with Gasteiger partial charge >= 0.3 is 5.97 Å². The van der Waals surface area contributed by atoms with Gasteiger partial charge in [-0.2, -0.15) is 11.8 Å². The Labute approximate surface area is 235 Å². The topological polar surface area (TPSA) is 208 Å².